The van der Waals surface area contributed by atoms with Gasteiger partial charge in [-0.05, 0) is 56.4 Å². The molecule has 0 N–H and O–H groups in total. The van der Waals surface area contributed by atoms with Crippen LogP contribution in [-0.4, -0.2) is 0 Å². The van der Waals surface area contributed by atoms with Crippen LogP contribution < -0.4 is 0 Å². The third-order valence-electron chi connectivity index (χ3n) is 4.18. The normalized spacial score (nSPS) is 13.2. The zero-order chi connectivity index (χ0) is 15.5. The van der Waals surface area contributed by atoms with Gasteiger partial charge in [-0.1, -0.05) is 55.8 Å². The van der Waals surface area contributed by atoms with Gasteiger partial charge in [0.1, 0.15) is 0 Å². The van der Waals surface area contributed by atoms with E-state index < -0.39 is 0 Å². The van der Waals surface area contributed by atoms with Crippen molar-refractivity contribution >= 4 is 11.8 Å². The molecule has 1 heteroatoms. The van der Waals surface area contributed by atoms with E-state index in [1.807, 2.05) is 11.8 Å². The predicted molar refractivity (Wildman–Crippen MR) is 95.2 cm³/mol. The Morgan fingerprint density at radius 3 is 2.05 bits per heavy atom. The van der Waals surface area contributed by atoms with Crippen molar-refractivity contribution in [3.63, 3.8) is 0 Å². The van der Waals surface area contributed by atoms with Crippen molar-refractivity contribution in [2.75, 3.05) is 0 Å². The molecule has 0 spiro atoms. The van der Waals surface area contributed by atoms with Crippen LogP contribution in [0.3, 0.4) is 0 Å². The van der Waals surface area contributed by atoms with Gasteiger partial charge < -0.3 is 0 Å². The first-order valence-corrected chi connectivity index (χ1v) is 8.60. The maximum Gasteiger partial charge on any atom is 0.0399 e. The summed E-state index contributed by atoms with van der Waals surface area (Å²) in [5, 5.41) is 0. The minimum Gasteiger partial charge on any atom is -0.115 e. The molecule has 2 rings (SSSR count). The van der Waals surface area contributed by atoms with Gasteiger partial charge in [0.15, 0.2) is 0 Å². The van der Waals surface area contributed by atoms with Crippen molar-refractivity contribution < 1.29 is 0 Å². The first-order valence-electron chi connectivity index (χ1n) is 7.78. The summed E-state index contributed by atoms with van der Waals surface area (Å²) in [6.07, 6.45) is 1.20. The monoisotopic (exact) mass is 298 g/mol. The number of benzene rings is 2. The van der Waals surface area contributed by atoms with Gasteiger partial charge in [0.2, 0.25) is 0 Å². The van der Waals surface area contributed by atoms with Gasteiger partial charge in [0, 0.05) is 9.64 Å². The summed E-state index contributed by atoms with van der Waals surface area (Å²) >= 11 is 1.93. The molecule has 0 amide bonds. The molecular formula is C20H26S. The van der Waals surface area contributed by atoms with Gasteiger partial charge in [-0.15, -0.1) is 11.8 Å². The summed E-state index contributed by atoms with van der Waals surface area (Å²) in [6, 6.07) is 18.0. The second kappa shape index (κ2) is 6.70. The lowest BCUT2D eigenvalue weighted by atomic mass is 9.94. The highest BCUT2D eigenvalue weighted by molar-refractivity contribution is 8.00. The maximum absolute atomic E-state index is 2.30. The van der Waals surface area contributed by atoms with E-state index in [0.29, 0.717) is 5.92 Å². The smallest absolute Gasteiger partial charge is 0.0399 e. The summed E-state index contributed by atoms with van der Waals surface area (Å²) in [6.45, 7) is 11.3. The van der Waals surface area contributed by atoms with Crippen LogP contribution in [0.4, 0.5) is 0 Å². The quantitative estimate of drug-likeness (QED) is 0.565. The van der Waals surface area contributed by atoms with E-state index in [1.165, 1.54) is 28.0 Å². The minimum atomic E-state index is 0.0865. The average molecular weight is 298 g/mol. The lowest BCUT2D eigenvalue weighted by Crippen LogP contribution is -2.11. The average Bonchev–Trinajstić information content (AvgIpc) is 2.49. The van der Waals surface area contributed by atoms with Crippen molar-refractivity contribution in [2.45, 2.75) is 56.6 Å². The minimum absolute atomic E-state index is 0.0865. The van der Waals surface area contributed by atoms with Crippen LogP contribution >= 0.6 is 11.8 Å². The molecule has 0 aliphatic carbocycles. The van der Waals surface area contributed by atoms with Crippen LogP contribution in [0.25, 0.3) is 0 Å². The number of hydrogen-bond acceptors (Lipinski definition) is 1. The van der Waals surface area contributed by atoms with Crippen LogP contribution in [0.2, 0.25) is 0 Å². The molecular weight excluding hydrogens is 272 g/mol. The van der Waals surface area contributed by atoms with E-state index in [9.17, 15) is 0 Å². The fourth-order valence-electron chi connectivity index (χ4n) is 2.41. The van der Waals surface area contributed by atoms with Gasteiger partial charge in [-0.3, -0.25) is 0 Å². The second-order valence-corrected chi connectivity index (χ2v) is 8.05. The molecule has 0 fully saturated rings. The Morgan fingerprint density at radius 1 is 0.952 bits per heavy atom. The van der Waals surface area contributed by atoms with E-state index in [2.05, 4.69) is 83.1 Å². The molecule has 0 aliphatic heterocycles. The SMILES string of the molecule is CCC(C)c1ccc(C(C)(C)Sc2ccc(C)cc2)cc1. The van der Waals surface area contributed by atoms with Crippen molar-refractivity contribution in [3.8, 4) is 0 Å². The highest BCUT2D eigenvalue weighted by Crippen LogP contribution is 2.41. The van der Waals surface area contributed by atoms with Crippen LogP contribution in [0.5, 0.6) is 0 Å². The van der Waals surface area contributed by atoms with Gasteiger partial charge in [-0.2, -0.15) is 0 Å². The Balaban J connectivity index is 2.16. The maximum atomic E-state index is 2.30. The Morgan fingerprint density at radius 2 is 1.52 bits per heavy atom. The van der Waals surface area contributed by atoms with Crippen molar-refractivity contribution in [2.24, 2.45) is 0 Å². The molecule has 0 radical (unpaired) electrons. The molecule has 0 aliphatic rings. The highest BCUT2D eigenvalue weighted by atomic mass is 32.2. The van der Waals surface area contributed by atoms with Gasteiger partial charge in [0.05, 0.1) is 0 Å². The zero-order valence-electron chi connectivity index (χ0n) is 13.8. The standard InChI is InChI=1S/C20H26S/c1-6-16(3)17-9-11-18(12-10-17)20(4,5)21-19-13-7-15(2)8-14-19/h7-14,16H,6H2,1-5H3. The fraction of sp³-hybridized carbons (Fsp3) is 0.400. The first-order chi connectivity index (χ1) is 9.92. The van der Waals surface area contributed by atoms with E-state index in [0.717, 1.165) is 0 Å². The molecule has 1 atom stereocenters. The third-order valence-corrected chi connectivity index (χ3v) is 5.44. The van der Waals surface area contributed by atoms with E-state index in [4.69, 9.17) is 0 Å². The van der Waals surface area contributed by atoms with E-state index in [-0.39, 0.29) is 4.75 Å². The highest BCUT2D eigenvalue weighted by Gasteiger charge is 2.22. The molecule has 0 aromatic heterocycles. The fourth-order valence-corrected chi connectivity index (χ4v) is 3.52. The molecule has 0 nitrogen and oxygen atoms in total. The third kappa shape index (κ3) is 4.14. The summed E-state index contributed by atoms with van der Waals surface area (Å²) < 4.78 is 0.0865. The Kier molecular flexibility index (Phi) is 5.16. The topological polar surface area (TPSA) is 0 Å². The van der Waals surface area contributed by atoms with Crippen molar-refractivity contribution in [3.05, 3.63) is 65.2 Å². The molecule has 1 unspecified atom stereocenters. The second-order valence-electron chi connectivity index (χ2n) is 6.36. The number of hydrogen-bond donors (Lipinski definition) is 0. The molecule has 112 valence electrons. The first kappa shape index (κ1) is 16.2. The molecule has 0 heterocycles. The number of aryl methyl sites for hydroxylation is 1. The molecule has 21 heavy (non-hydrogen) atoms. The van der Waals surface area contributed by atoms with Crippen molar-refractivity contribution in [1.29, 1.82) is 0 Å². The molecule has 0 saturated carbocycles. The van der Waals surface area contributed by atoms with Crippen LogP contribution in [-0.2, 0) is 4.75 Å². The molecule has 0 bridgehead atoms. The van der Waals surface area contributed by atoms with E-state index in [1.54, 1.807) is 0 Å². The van der Waals surface area contributed by atoms with Crippen molar-refractivity contribution in [1.82, 2.24) is 0 Å². The molecule has 2 aromatic rings. The molecule has 0 saturated heterocycles. The number of rotatable bonds is 5. The summed E-state index contributed by atoms with van der Waals surface area (Å²) in [7, 11) is 0. The van der Waals surface area contributed by atoms with E-state index >= 15 is 0 Å². The Labute approximate surface area is 134 Å². The lowest BCUT2D eigenvalue weighted by molar-refractivity contribution is 0.729. The van der Waals surface area contributed by atoms with Crippen LogP contribution in [0.1, 0.15) is 56.7 Å². The summed E-state index contributed by atoms with van der Waals surface area (Å²) in [5.74, 6) is 0.645. The van der Waals surface area contributed by atoms with Crippen LogP contribution in [0.15, 0.2) is 53.4 Å². The lowest BCUT2D eigenvalue weighted by Gasteiger charge is -2.25. The largest absolute Gasteiger partial charge is 0.115 e. The van der Waals surface area contributed by atoms with Gasteiger partial charge in [-0.25, -0.2) is 0 Å². The number of thioether (sulfide) groups is 1. The van der Waals surface area contributed by atoms with Crippen LogP contribution in [0, 0.1) is 6.92 Å². The molecule has 2 aromatic carbocycles. The Bertz CT molecular complexity index is 564. The summed E-state index contributed by atoms with van der Waals surface area (Å²) in [5.41, 5.74) is 4.15. The Hall–Kier alpha value is -1.21. The van der Waals surface area contributed by atoms with Gasteiger partial charge >= 0.3 is 0 Å². The van der Waals surface area contributed by atoms with Gasteiger partial charge in [0.25, 0.3) is 0 Å². The summed E-state index contributed by atoms with van der Waals surface area (Å²) in [4.78, 5) is 1.33. The predicted octanol–water partition coefficient (Wildman–Crippen LogP) is 6.54. The zero-order valence-corrected chi connectivity index (χ0v) is 14.6.